The van der Waals surface area contributed by atoms with Crippen LogP contribution in [-0.2, 0) is 0 Å². The standard InChI is InChI=1S/C11H13F3O2/c1-7(2)8-4-5-9(15-3)10(6-8)16-11(12,13)14/h4-7H,1-3H3. The molecular formula is C11H13F3O2. The Morgan fingerprint density at radius 1 is 1.12 bits per heavy atom. The fourth-order valence-corrected chi connectivity index (χ4v) is 1.26. The molecule has 0 saturated carbocycles. The first kappa shape index (κ1) is 12.7. The maximum atomic E-state index is 12.1. The van der Waals surface area contributed by atoms with Crippen LogP contribution in [0.2, 0.25) is 0 Å². The van der Waals surface area contributed by atoms with Crippen LogP contribution in [0, 0.1) is 0 Å². The number of ether oxygens (including phenoxy) is 2. The zero-order valence-electron chi connectivity index (χ0n) is 9.26. The van der Waals surface area contributed by atoms with Crippen LogP contribution in [0.25, 0.3) is 0 Å². The third-order valence-corrected chi connectivity index (χ3v) is 2.08. The van der Waals surface area contributed by atoms with E-state index in [2.05, 4.69) is 4.74 Å². The molecule has 0 aliphatic carbocycles. The Hall–Kier alpha value is -1.39. The van der Waals surface area contributed by atoms with Gasteiger partial charge in [-0.15, -0.1) is 13.2 Å². The van der Waals surface area contributed by atoms with Crippen LogP contribution in [-0.4, -0.2) is 13.5 Å². The van der Waals surface area contributed by atoms with Gasteiger partial charge < -0.3 is 9.47 Å². The van der Waals surface area contributed by atoms with Gasteiger partial charge in [0.25, 0.3) is 0 Å². The molecule has 16 heavy (non-hydrogen) atoms. The second-order valence-corrected chi connectivity index (χ2v) is 3.61. The Kier molecular flexibility index (Phi) is 3.67. The third-order valence-electron chi connectivity index (χ3n) is 2.08. The van der Waals surface area contributed by atoms with E-state index < -0.39 is 6.36 Å². The Morgan fingerprint density at radius 3 is 2.19 bits per heavy atom. The van der Waals surface area contributed by atoms with Gasteiger partial charge in [-0.3, -0.25) is 0 Å². The number of alkyl halides is 3. The molecule has 0 N–H and O–H groups in total. The normalized spacial score (nSPS) is 11.7. The summed E-state index contributed by atoms with van der Waals surface area (Å²) >= 11 is 0. The van der Waals surface area contributed by atoms with Crippen molar-refractivity contribution < 1.29 is 22.6 Å². The van der Waals surface area contributed by atoms with Gasteiger partial charge in [0, 0.05) is 0 Å². The summed E-state index contributed by atoms with van der Waals surface area (Å²) in [5.41, 5.74) is 0.764. The Labute approximate surface area is 92.0 Å². The molecule has 0 bridgehead atoms. The quantitative estimate of drug-likeness (QED) is 0.793. The smallest absolute Gasteiger partial charge is 0.493 e. The van der Waals surface area contributed by atoms with E-state index in [1.54, 1.807) is 6.07 Å². The average Bonchev–Trinajstić information content (AvgIpc) is 2.15. The summed E-state index contributed by atoms with van der Waals surface area (Å²) in [7, 11) is 1.30. The molecule has 5 heteroatoms. The van der Waals surface area contributed by atoms with Crippen molar-refractivity contribution >= 4 is 0 Å². The number of benzene rings is 1. The Morgan fingerprint density at radius 2 is 1.75 bits per heavy atom. The number of halogens is 3. The summed E-state index contributed by atoms with van der Waals surface area (Å²) < 4.78 is 45.0. The van der Waals surface area contributed by atoms with E-state index in [0.29, 0.717) is 0 Å². The van der Waals surface area contributed by atoms with Crippen molar-refractivity contribution in [2.45, 2.75) is 26.1 Å². The van der Waals surface area contributed by atoms with E-state index in [1.807, 2.05) is 13.8 Å². The molecule has 0 aliphatic rings. The second-order valence-electron chi connectivity index (χ2n) is 3.61. The summed E-state index contributed by atoms with van der Waals surface area (Å²) in [6.45, 7) is 3.78. The first-order valence-electron chi connectivity index (χ1n) is 4.77. The number of rotatable bonds is 3. The molecule has 0 aromatic heterocycles. The van der Waals surface area contributed by atoms with Crippen LogP contribution in [0.5, 0.6) is 11.5 Å². The summed E-state index contributed by atoms with van der Waals surface area (Å²) in [4.78, 5) is 0. The summed E-state index contributed by atoms with van der Waals surface area (Å²) in [6, 6.07) is 4.53. The number of hydrogen-bond acceptors (Lipinski definition) is 2. The monoisotopic (exact) mass is 234 g/mol. The van der Waals surface area contributed by atoms with Crippen molar-refractivity contribution in [3.63, 3.8) is 0 Å². The van der Waals surface area contributed by atoms with Gasteiger partial charge in [0.1, 0.15) is 0 Å². The van der Waals surface area contributed by atoms with Crippen molar-refractivity contribution in [3.05, 3.63) is 23.8 Å². The van der Waals surface area contributed by atoms with Gasteiger partial charge in [0.15, 0.2) is 11.5 Å². The van der Waals surface area contributed by atoms with E-state index in [0.717, 1.165) is 5.56 Å². The molecule has 1 aromatic carbocycles. The Bertz CT molecular complexity index is 359. The third kappa shape index (κ3) is 3.32. The highest BCUT2D eigenvalue weighted by Gasteiger charge is 2.32. The Balaban J connectivity index is 3.07. The van der Waals surface area contributed by atoms with Gasteiger partial charge in [-0.25, -0.2) is 0 Å². The molecule has 0 saturated heterocycles. The largest absolute Gasteiger partial charge is 0.573 e. The minimum atomic E-state index is -4.71. The molecule has 0 aliphatic heterocycles. The van der Waals surface area contributed by atoms with Gasteiger partial charge in [-0.1, -0.05) is 19.9 Å². The van der Waals surface area contributed by atoms with Crippen LogP contribution in [0.4, 0.5) is 13.2 Å². The van der Waals surface area contributed by atoms with Crippen LogP contribution in [0.15, 0.2) is 18.2 Å². The zero-order chi connectivity index (χ0) is 12.3. The van der Waals surface area contributed by atoms with E-state index in [9.17, 15) is 13.2 Å². The van der Waals surface area contributed by atoms with E-state index in [1.165, 1.54) is 19.2 Å². The molecule has 0 amide bonds. The molecule has 0 unspecified atom stereocenters. The maximum Gasteiger partial charge on any atom is 0.573 e. The molecule has 0 atom stereocenters. The van der Waals surface area contributed by atoms with Gasteiger partial charge in [0.2, 0.25) is 0 Å². The van der Waals surface area contributed by atoms with Crippen LogP contribution in [0.1, 0.15) is 25.3 Å². The summed E-state index contributed by atoms with van der Waals surface area (Å²) in [6.07, 6.45) is -4.71. The molecule has 0 spiro atoms. The van der Waals surface area contributed by atoms with Gasteiger partial charge in [-0.2, -0.15) is 0 Å². The van der Waals surface area contributed by atoms with Crippen molar-refractivity contribution in [1.82, 2.24) is 0 Å². The number of methoxy groups -OCH3 is 1. The number of hydrogen-bond donors (Lipinski definition) is 0. The highest BCUT2D eigenvalue weighted by Crippen LogP contribution is 2.34. The summed E-state index contributed by atoms with van der Waals surface area (Å²) in [5.74, 6) is -0.107. The molecule has 2 nitrogen and oxygen atoms in total. The summed E-state index contributed by atoms with van der Waals surface area (Å²) in [5, 5.41) is 0. The highest BCUT2D eigenvalue weighted by atomic mass is 19.4. The predicted octanol–water partition coefficient (Wildman–Crippen LogP) is 3.72. The maximum absolute atomic E-state index is 12.1. The lowest BCUT2D eigenvalue weighted by atomic mass is 10.0. The molecule has 0 heterocycles. The fourth-order valence-electron chi connectivity index (χ4n) is 1.26. The van der Waals surface area contributed by atoms with Crippen molar-refractivity contribution in [2.75, 3.05) is 7.11 Å². The molecule has 0 radical (unpaired) electrons. The lowest BCUT2D eigenvalue weighted by Crippen LogP contribution is -2.17. The molecule has 1 rings (SSSR count). The SMILES string of the molecule is COc1ccc(C(C)C)cc1OC(F)(F)F. The average molecular weight is 234 g/mol. The van der Waals surface area contributed by atoms with Gasteiger partial charge >= 0.3 is 6.36 Å². The van der Waals surface area contributed by atoms with Crippen molar-refractivity contribution in [2.24, 2.45) is 0 Å². The van der Waals surface area contributed by atoms with Crippen LogP contribution >= 0.6 is 0 Å². The molecule has 1 aromatic rings. The molecule has 90 valence electrons. The molecule has 0 fully saturated rings. The predicted molar refractivity (Wildman–Crippen MR) is 53.8 cm³/mol. The minimum Gasteiger partial charge on any atom is -0.493 e. The highest BCUT2D eigenvalue weighted by molar-refractivity contribution is 5.43. The lowest BCUT2D eigenvalue weighted by molar-refractivity contribution is -0.275. The first-order chi connectivity index (χ1) is 7.33. The van der Waals surface area contributed by atoms with Gasteiger partial charge in [0.05, 0.1) is 7.11 Å². The van der Waals surface area contributed by atoms with Gasteiger partial charge in [-0.05, 0) is 23.6 Å². The van der Waals surface area contributed by atoms with E-state index >= 15 is 0 Å². The van der Waals surface area contributed by atoms with Crippen LogP contribution < -0.4 is 9.47 Å². The minimum absolute atomic E-state index is 0.0710. The van der Waals surface area contributed by atoms with Crippen molar-refractivity contribution in [1.29, 1.82) is 0 Å². The zero-order valence-corrected chi connectivity index (χ0v) is 9.26. The second kappa shape index (κ2) is 4.63. The molecular weight excluding hydrogens is 221 g/mol. The van der Waals surface area contributed by atoms with E-state index in [4.69, 9.17) is 4.74 Å². The fraction of sp³-hybridized carbons (Fsp3) is 0.455. The first-order valence-corrected chi connectivity index (χ1v) is 4.77. The van der Waals surface area contributed by atoms with E-state index in [-0.39, 0.29) is 17.4 Å². The topological polar surface area (TPSA) is 18.5 Å². The van der Waals surface area contributed by atoms with Crippen molar-refractivity contribution in [3.8, 4) is 11.5 Å². The lowest BCUT2D eigenvalue weighted by Gasteiger charge is -2.14. The van der Waals surface area contributed by atoms with Crippen LogP contribution in [0.3, 0.4) is 0 Å².